The molecule has 2 aromatic rings. The lowest BCUT2D eigenvalue weighted by Crippen LogP contribution is -2.13. The molecule has 2 rings (SSSR count). The van der Waals surface area contributed by atoms with Gasteiger partial charge in [0.15, 0.2) is 5.84 Å². The summed E-state index contributed by atoms with van der Waals surface area (Å²) in [5, 5.41) is 22.6. The molecule has 0 saturated heterocycles. The third kappa shape index (κ3) is 5.56. The number of nitrogens with two attached hydrogens (primary N) is 2. The highest BCUT2D eigenvalue weighted by molar-refractivity contribution is 6.09. The maximum absolute atomic E-state index is 8.91. The number of nitrogen functional groups attached to an aromatic ring is 1. The molecule has 0 atom stereocenters. The molecule has 1 heterocycles. The maximum Gasteiger partial charge on any atom is 0.170 e. The highest BCUT2D eigenvalue weighted by Crippen LogP contribution is 2.21. The van der Waals surface area contributed by atoms with E-state index < -0.39 is 0 Å². The summed E-state index contributed by atoms with van der Waals surface area (Å²) in [6, 6.07) is 7.12. The van der Waals surface area contributed by atoms with Gasteiger partial charge in [-0.1, -0.05) is 30.4 Å². The lowest BCUT2D eigenvalue weighted by molar-refractivity contribution is 0.318. The van der Waals surface area contributed by atoms with Crippen molar-refractivity contribution in [2.75, 3.05) is 11.1 Å². The Morgan fingerprint density at radius 2 is 2.06 bits per heavy atom. The van der Waals surface area contributed by atoms with Crippen molar-refractivity contribution in [3.05, 3.63) is 95.2 Å². The molecule has 0 radical (unpaired) electrons. The molecule has 1 aromatic carbocycles. The van der Waals surface area contributed by atoms with Gasteiger partial charge in [0.1, 0.15) is 5.82 Å². The molecule has 1 aromatic heterocycles. The van der Waals surface area contributed by atoms with Crippen LogP contribution in [0.4, 0.5) is 11.5 Å². The molecule has 0 unspecified atom stereocenters. The zero-order chi connectivity index (χ0) is 23.0. The van der Waals surface area contributed by atoms with Crippen LogP contribution in [0.3, 0.4) is 0 Å². The number of oxime groups is 1. The number of allylic oxidation sites excluding steroid dienone is 2. The van der Waals surface area contributed by atoms with Crippen molar-refractivity contribution in [3.8, 4) is 0 Å². The molecule has 0 aliphatic heterocycles. The minimum Gasteiger partial charge on any atom is -0.409 e. The Kier molecular flexibility index (Phi) is 7.66. The third-order valence-corrected chi connectivity index (χ3v) is 4.46. The van der Waals surface area contributed by atoms with Gasteiger partial charge in [-0.25, -0.2) is 4.98 Å². The number of nitrogens with one attached hydrogen (secondary N) is 2. The summed E-state index contributed by atoms with van der Waals surface area (Å²) in [6.45, 7) is 11.3. The van der Waals surface area contributed by atoms with Gasteiger partial charge in [0, 0.05) is 41.0 Å². The van der Waals surface area contributed by atoms with E-state index in [-0.39, 0.29) is 11.7 Å². The molecule has 0 amide bonds. The lowest BCUT2D eigenvalue weighted by atomic mass is 10.1. The zero-order valence-electron chi connectivity index (χ0n) is 17.5. The predicted molar refractivity (Wildman–Crippen MR) is 127 cm³/mol. The first-order valence-corrected chi connectivity index (χ1v) is 9.24. The second-order valence-corrected chi connectivity index (χ2v) is 6.57. The van der Waals surface area contributed by atoms with Gasteiger partial charge in [-0.2, -0.15) is 0 Å². The standard InChI is InChI=1S/C23H25N7O/c1-5-19(29-21-10-16(23(26)30-31)8-7-14(21)3)15(4)12-27-20(6-2)18-9-17(11-24)22(25)28-13-18/h6-13,24,29,31H,1-2H2,3-4H3,(H2,25,28)(H2,26,30)/b15-12+,24-11?,27-20?. The number of anilines is 2. The van der Waals surface area contributed by atoms with Crippen LogP contribution in [0.25, 0.3) is 0 Å². The molecule has 0 aliphatic rings. The van der Waals surface area contributed by atoms with Gasteiger partial charge in [0.25, 0.3) is 0 Å². The van der Waals surface area contributed by atoms with Crippen LogP contribution in [0.5, 0.6) is 0 Å². The van der Waals surface area contributed by atoms with E-state index in [1.54, 1.807) is 36.7 Å². The molecule has 0 spiro atoms. The van der Waals surface area contributed by atoms with Gasteiger partial charge in [-0.3, -0.25) is 4.99 Å². The van der Waals surface area contributed by atoms with Gasteiger partial charge < -0.3 is 27.4 Å². The summed E-state index contributed by atoms with van der Waals surface area (Å²) in [4.78, 5) is 8.58. The van der Waals surface area contributed by atoms with Crippen molar-refractivity contribution in [2.24, 2.45) is 15.9 Å². The van der Waals surface area contributed by atoms with Gasteiger partial charge in [-0.15, -0.1) is 5.73 Å². The number of amidine groups is 1. The van der Waals surface area contributed by atoms with Crippen LogP contribution in [-0.4, -0.2) is 28.0 Å². The van der Waals surface area contributed by atoms with E-state index >= 15 is 0 Å². The summed E-state index contributed by atoms with van der Waals surface area (Å²) in [6.07, 6.45) is 5.97. The predicted octanol–water partition coefficient (Wildman–Crippen LogP) is 3.72. The maximum atomic E-state index is 8.91. The van der Waals surface area contributed by atoms with E-state index in [0.29, 0.717) is 28.1 Å². The quantitative estimate of drug-likeness (QED) is 0.111. The van der Waals surface area contributed by atoms with E-state index in [4.69, 9.17) is 22.1 Å². The van der Waals surface area contributed by atoms with Crippen molar-refractivity contribution in [3.63, 3.8) is 0 Å². The molecular formula is C23H25N7O. The number of rotatable bonds is 8. The molecule has 8 nitrogen and oxygen atoms in total. The number of nitrogens with zero attached hydrogens (tertiary/aromatic N) is 3. The normalized spacial score (nSPS) is 12.1. The van der Waals surface area contributed by atoms with Crippen LogP contribution >= 0.6 is 0 Å². The Morgan fingerprint density at radius 1 is 1.32 bits per heavy atom. The largest absolute Gasteiger partial charge is 0.409 e. The third-order valence-electron chi connectivity index (χ3n) is 4.46. The highest BCUT2D eigenvalue weighted by Gasteiger charge is 2.08. The van der Waals surface area contributed by atoms with Crippen molar-refractivity contribution in [2.45, 2.75) is 13.8 Å². The summed E-state index contributed by atoms with van der Waals surface area (Å²) in [5.41, 5.74) is 19.7. The average Bonchev–Trinajstić information content (AvgIpc) is 2.78. The molecular weight excluding hydrogens is 390 g/mol. The number of aryl methyl sites for hydroxylation is 1. The molecule has 158 valence electrons. The lowest BCUT2D eigenvalue weighted by Gasteiger charge is -2.13. The van der Waals surface area contributed by atoms with Gasteiger partial charge >= 0.3 is 0 Å². The fraction of sp³-hybridized carbons (Fsp3) is 0.0870. The number of hydrogen-bond acceptors (Lipinski definition) is 7. The van der Waals surface area contributed by atoms with Crippen LogP contribution in [0.1, 0.15) is 29.2 Å². The average molecular weight is 416 g/mol. The number of hydrogen-bond donors (Lipinski definition) is 5. The van der Waals surface area contributed by atoms with Gasteiger partial charge in [0.05, 0.1) is 11.4 Å². The number of pyridine rings is 1. The fourth-order valence-electron chi connectivity index (χ4n) is 2.61. The molecule has 31 heavy (non-hydrogen) atoms. The van der Waals surface area contributed by atoms with Crippen LogP contribution in [0.15, 0.2) is 83.0 Å². The van der Waals surface area contributed by atoms with Crippen LogP contribution < -0.4 is 16.8 Å². The first-order valence-electron chi connectivity index (χ1n) is 9.24. The van der Waals surface area contributed by atoms with Crippen LogP contribution in [-0.2, 0) is 0 Å². The number of aromatic nitrogens is 1. The molecule has 7 N–H and O–H groups in total. The summed E-state index contributed by atoms with van der Waals surface area (Å²) in [7, 11) is 0. The highest BCUT2D eigenvalue weighted by atomic mass is 16.4. The molecule has 8 heteroatoms. The second kappa shape index (κ2) is 10.4. The topological polar surface area (TPSA) is 146 Å². The Bertz CT molecular complexity index is 1150. The van der Waals surface area contributed by atoms with E-state index in [9.17, 15) is 0 Å². The van der Waals surface area contributed by atoms with Crippen molar-refractivity contribution in [1.29, 1.82) is 5.41 Å². The first-order chi connectivity index (χ1) is 14.8. The van der Waals surface area contributed by atoms with Gasteiger partial charge in [0.2, 0.25) is 0 Å². The minimum absolute atomic E-state index is 0.0149. The fourth-order valence-corrected chi connectivity index (χ4v) is 2.61. The molecule has 0 saturated carbocycles. The van der Waals surface area contributed by atoms with Crippen molar-refractivity contribution in [1.82, 2.24) is 4.98 Å². The van der Waals surface area contributed by atoms with Crippen LogP contribution in [0.2, 0.25) is 0 Å². The SMILES string of the molecule is C=C=C(Nc1cc(/C(N)=N/O)ccc1C)/C(C)=C/N=C(C=C)c1cnc(N)c(C=N)c1. The van der Waals surface area contributed by atoms with Crippen molar-refractivity contribution < 1.29 is 5.21 Å². The summed E-state index contributed by atoms with van der Waals surface area (Å²) in [5.74, 6) is 0.292. The Labute approximate surface area is 181 Å². The second-order valence-electron chi connectivity index (χ2n) is 6.57. The molecule has 0 fully saturated rings. The smallest absolute Gasteiger partial charge is 0.170 e. The Morgan fingerprint density at radius 3 is 2.68 bits per heavy atom. The van der Waals surface area contributed by atoms with Crippen LogP contribution in [0, 0.1) is 12.3 Å². The molecule has 0 aliphatic carbocycles. The van der Waals surface area contributed by atoms with E-state index in [1.807, 2.05) is 19.9 Å². The number of aliphatic imine (C=N–C) groups is 1. The summed E-state index contributed by atoms with van der Waals surface area (Å²) < 4.78 is 0. The monoisotopic (exact) mass is 415 g/mol. The van der Waals surface area contributed by atoms with E-state index in [2.05, 4.69) is 39.3 Å². The van der Waals surface area contributed by atoms with E-state index in [1.165, 1.54) is 0 Å². The zero-order valence-corrected chi connectivity index (χ0v) is 17.5. The summed E-state index contributed by atoms with van der Waals surface area (Å²) >= 11 is 0. The molecule has 0 bridgehead atoms. The van der Waals surface area contributed by atoms with Crippen molar-refractivity contribution >= 4 is 29.3 Å². The number of benzene rings is 1. The van der Waals surface area contributed by atoms with E-state index in [0.717, 1.165) is 23.0 Å². The first kappa shape index (κ1) is 22.9. The minimum atomic E-state index is 0.0149. The Balaban J connectivity index is 2.35. The Hall–Kier alpha value is -4.42. The van der Waals surface area contributed by atoms with Gasteiger partial charge in [-0.05, 0) is 43.2 Å².